The van der Waals surface area contributed by atoms with Gasteiger partial charge in [0.05, 0.1) is 5.92 Å². The van der Waals surface area contributed by atoms with Crippen molar-refractivity contribution in [2.24, 2.45) is 11.8 Å². The van der Waals surface area contributed by atoms with E-state index < -0.39 is 5.97 Å². The molecule has 0 unspecified atom stereocenters. The molecule has 0 aliphatic heterocycles. The van der Waals surface area contributed by atoms with Crippen LogP contribution in [0.15, 0.2) is 0 Å². The summed E-state index contributed by atoms with van der Waals surface area (Å²) >= 11 is 0. The van der Waals surface area contributed by atoms with Crippen LogP contribution in [0.3, 0.4) is 0 Å². The van der Waals surface area contributed by atoms with Crippen molar-refractivity contribution in [2.75, 3.05) is 6.54 Å². The summed E-state index contributed by atoms with van der Waals surface area (Å²) in [5.41, 5.74) is 2.90. The number of carboxylic acid groups (broad SMARTS) is 1. The molecule has 2 N–H and O–H groups in total. The fourth-order valence-electron chi connectivity index (χ4n) is 1.89. The van der Waals surface area contributed by atoms with E-state index in [1.165, 1.54) is 0 Å². The molecule has 0 bridgehead atoms. The van der Waals surface area contributed by atoms with Crippen LogP contribution in [-0.2, 0) is 9.55 Å². The first-order chi connectivity index (χ1) is 6.74. The topological polar surface area (TPSA) is 58.6 Å². The normalized spacial score (nSPS) is 27.2. The lowest BCUT2D eigenvalue weighted by molar-refractivity contribution is -0.143. The zero-order chi connectivity index (χ0) is 10.4. The minimum Gasteiger partial charge on any atom is -0.481 e. The van der Waals surface area contributed by atoms with Gasteiger partial charge in [0.15, 0.2) is 0 Å². The summed E-state index contributed by atoms with van der Waals surface area (Å²) in [6.07, 6.45) is 3.62. The van der Waals surface area contributed by atoms with E-state index in [1.54, 1.807) is 0 Å². The van der Waals surface area contributed by atoms with E-state index >= 15 is 0 Å². The van der Waals surface area contributed by atoms with Crippen molar-refractivity contribution in [3.63, 3.8) is 0 Å². The van der Waals surface area contributed by atoms with Gasteiger partial charge in [-0.1, -0.05) is 6.82 Å². The van der Waals surface area contributed by atoms with Crippen molar-refractivity contribution in [1.29, 1.82) is 0 Å². The SMILES string of the molecule is CBONC[C@H]1CC[C@H](C(=O)O)CC1. The Labute approximate surface area is 85.2 Å². The third kappa shape index (κ3) is 3.68. The summed E-state index contributed by atoms with van der Waals surface area (Å²) in [6, 6.07) is 0. The largest absolute Gasteiger partial charge is 0.481 e. The zero-order valence-electron chi connectivity index (χ0n) is 8.66. The van der Waals surface area contributed by atoms with E-state index in [-0.39, 0.29) is 5.92 Å². The Hall–Kier alpha value is -0.545. The minimum absolute atomic E-state index is 0.113. The number of hydroxylamine groups is 1. The van der Waals surface area contributed by atoms with Crippen LogP contribution in [0.4, 0.5) is 0 Å². The first kappa shape index (κ1) is 11.5. The van der Waals surface area contributed by atoms with Crippen molar-refractivity contribution < 1.29 is 14.7 Å². The molecule has 0 aromatic rings. The van der Waals surface area contributed by atoms with Gasteiger partial charge in [-0.2, -0.15) is 0 Å². The van der Waals surface area contributed by atoms with Gasteiger partial charge >= 0.3 is 13.5 Å². The summed E-state index contributed by atoms with van der Waals surface area (Å²) < 4.78 is 5.04. The van der Waals surface area contributed by atoms with Gasteiger partial charge in [-0.15, -0.1) is 0 Å². The van der Waals surface area contributed by atoms with Gasteiger partial charge in [0.2, 0.25) is 0 Å². The molecule has 0 spiro atoms. The van der Waals surface area contributed by atoms with E-state index in [0.29, 0.717) is 13.4 Å². The maximum Gasteiger partial charge on any atom is 0.306 e. The van der Waals surface area contributed by atoms with Crippen LogP contribution in [0.25, 0.3) is 0 Å². The number of hydrogen-bond acceptors (Lipinski definition) is 3. The molecule has 0 radical (unpaired) electrons. The quantitative estimate of drug-likeness (QED) is 0.390. The van der Waals surface area contributed by atoms with Crippen LogP contribution < -0.4 is 5.48 Å². The monoisotopic (exact) mass is 199 g/mol. The van der Waals surface area contributed by atoms with Crippen LogP contribution >= 0.6 is 0 Å². The molecule has 1 rings (SSSR count). The molecule has 0 heterocycles. The van der Waals surface area contributed by atoms with Gasteiger partial charge < -0.3 is 9.86 Å². The highest BCUT2D eigenvalue weighted by Crippen LogP contribution is 2.28. The molecular formula is C9H18BNO3. The molecule has 0 aromatic carbocycles. The number of hydrogen-bond donors (Lipinski definition) is 2. The van der Waals surface area contributed by atoms with Gasteiger partial charge in [-0.25, -0.2) is 5.48 Å². The van der Waals surface area contributed by atoms with Gasteiger partial charge in [0.1, 0.15) is 0 Å². The molecule has 4 nitrogen and oxygen atoms in total. The molecule has 0 amide bonds. The average Bonchev–Trinajstić information content (AvgIpc) is 2.19. The molecule has 0 atom stereocenters. The molecule has 0 saturated heterocycles. The Kier molecular flexibility index (Phi) is 4.97. The molecule has 5 heteroatoms. The molecule has 1 aliphatic rings. The molecule has 0 aromatic heterocycles. The molecule has 80 valence electrons. The first-order valence-electron chi connectivity index (χ1n) is 5.31. The zero-order valence-corrected chi connectivity index (χ0v) is 8.66. The van der Waals surface area contributed by atoms with Crippen molar-refractivity contribution in [3.8, 4) is 0 Å². The summed E-state index contributed by atoms with van der Waals surface area (Å²) in [7, 11) is 0.671. The molecule has 14 heavy (non-hydrogen) atoms. The lowest BCUT2D eigenvalue weighted by atomic mass is 9.82. The minimum atomic E-state index is -0.638. The van der Waals surface area contributed by atoms with Gasteiger partial charge in [0, 0.05) is 6.54 Å². The lowest BCUT2D eigenvalue weighted by Gasteiger charge is -2.25. The Morgan fingerprint density at radius 2 is 2.14 bits per heavy atom. The van der Waals surface area contributed by atoms with E-state index in [2.05, 4.69) is 5.48 Å². The highest BCUT2D eigenvalue weighted by atomic mass is 16.6. The summed E-state index contributed by atoms with van der Waals surface area (Å²) in [5.74, 6) is -0.170. The Bertz CT molecular complexity index is 181. The predicted molar refractivity (Wildman–Crippen MR) is 55.2 cm³/mol. The van der Waals surface area contributed by atoms with Crippen LogP contribution in [-0.4, -0.2) is 25.1 Å². The van der Waals surface area contributed by atoms with Crippen molar-refractivity contribution >= 4 is 13.5 Å². The van der Waals surface area contributed by atoms with E-state index in [1.807, 2.05) is 6.82 Å². The summed E-state index contributed by atoms with van der Waals surface area (Å²) in [6.45, 7) is 2.79. The fourth-order valence-corrected chi connectivity index (χ4v) is 1.89. The second-order valence-corrected chi connectivity index (χ2v) is 3.84. The van der Waals surface area contributed by atoms with Crippen molar-refractivity contribution in [3.05, 3.63) is 0 Å². The third-order valence-electron chi connectivity index (χ3n) is 2.81. The number of nitrogens with one attached hydrogen (secondary N) is 1. The smallest absolute Gasteiger partial charge is 0.306 e. The average molecular weight is 199 g/mol. The predicted octanol–water partition coefficient (Wildman–Crippen LogP) is 0.798. The number of carbonyl (C=O) groups is 1. The van der Waals surface area contributed by atoms with Crippen LogP contribution in [0.5, 0.6) is 0 Å². The Morgan fingerprint density at radius 3 is 2.64 bits per heavy atom. The standard InChI is InChI=1S/C9H18BNO3/c1-10-14-11-6-7-2-4-8(5-3-7)9(12)13/h7-8,10-11H,2-6H2,1H3,(H,12,13)/t7-,8-. The fraction of sp³-hybridized carbons (Fsp3) is 0.889. The van der Waals surface area contributed by atoms with Crippen LogP contribution in [0.1, 0.15) is 25.7 Å². The van der Waals surface area contributed by atoms with Crippen LogP contribution in [0, 0.1) is 11.8 Å². The maximum absolute atomic E-state index is 10.7. The van der Waals surface area contributed by atoms with E-state index in [9.17, 15) is 4.79 Å². The summed E-state index contributed by atoms with van der Waals surface area (Å²) in [4.78, 5) is 10.7. The lowest BCUT2D eigenvalue weighted by Crippen LogP contribution is -2.29. The maximum atomic E-state index is 10.7. The Balaban J connectivity index is 2.12. The van der Waals surface area contributed by atoms with Crippen molar-refractivity contribution in [2.45, 2.75) is 32.5 Å². The highest BCUT2D eigenvalue weighted by molar-refractivity contribution is 6.24. The second kappa shape index (κ2) is 6.04. The molecule has 1 aliphatic carbocycles. The third-order valence-corrected chi connectivity index (χ3v) is 2.81. The first-order valence-corrected chi connectivity index (χ1v) is 5.31. The highest BCUT2D eigenvalue weighted by Gasteiger charge is 2.25. The molecule has 1 saturated carbocycles. The van der Waals surface area contributed by atoms with Gasteiger partial charge in [0.25, 0.3) is 0 Å². The van der Waals surface area contributed by atoms with Crippen LogP contribution in [0.2, 0.25) is 6.82 Å². The van der Waals surface area contributed by atoms with E-state index in [0.717, 1.165) is 32.2 Å². The number of carboxylic acids is 1. The number of rotatable bonds is 5. The summed E-state index contributed by atoms with van der Waals surface area (Å²) in [5, 5.41) is 8.80. The van der Waals surface area contributed by atoms with E-state index in [4.69, 9.17) is 9.86 Å². The van der Waals surface area contributed by atoms with Crippen molar-refractivity contribution in [1.82, 2.24) is 5.48 Å². The molecular weight excluding hydrogens is 181 g/mol. The second-order valence-electron chi connectivity index (χ2n) is 3.84. The van der Waals surface area contributed by atoms with Gasteiger partial charge in [-0.05, 0) is 31.6 Å². The number of aliphatic carboxylic acids is 1. The van der Waals surface area contributed by atoms with Gasteiger partial charge in [-0.3, -0.25) is 4.79 Å². The molecule has 1 fully saturated rings. The Morgan fingerprint density at radius 1 is 1.50 bits per heavy atom.